The average molecular weight is 239 g/mol. The molecule has 1 unspecified atom stereocenters. The highest BCUT2D eigenvalue weighted by molar-refractivity contribution is 5.78. The summed E-state index contributed by atoms with van der Waals surface area (Å²) in [7, 11) is 4.19. The molecule has 1 atom stereocenters. The van der Waals surface area contributed by atoms with Gasteiger partial charge in [-0.1, -0.05) is 6.08 Å². The first-order valence-corrected chi connectivity index (χ1v) is 6.36. The molecule has 0 aromatic rings. The predicted octanol–water partition coefficient (Wildman–Crippen LogP) is 0.562. The topological polar surface area (TPSA) is 35.6 Å². The second-order valence-electron chi connectivity index (χ2n) is 5.06. The standard InChI is InChI=1S/C13H25N3O/c1-4-7-14-13(17)11-16(3)10-12-6-5-8-15(2)9-12/h4,12H,1,5-11H2,2-3H3,(H,14,17). The monoisotopic (exact) mass is 239 g/mol. The van der Waals surface area contributed by atoms with Gasteiger partial charge in [0.15, 0.2) is 0 Å². The maximum Gasteiger partial charge on any atom is 0.234 e. The minimum absolute atomic E-state index is 0.0802. The van der Waals surface area contributed by atoms with Crippen molar-refractivity contribution in [1.82, 2.24) is 15.1 Å². The normalized spacial score (nSPS) is 21.5. The highest BCUT2D eigenvalue weighted by atomic mass is 16.2. The molecule has 4 nitrogen and oxygen atoms in total. The second-order valence-corrected chi connectivity index (χ2v) is 5.06. The maximum absolute atomic E-state index is 11.5. The Bertz CT molecular complexity index is 255. The number of likely N-dealkylation sites (tertiary alicyclic amines) is 1. The third-order valence-corrected chi connectivity index (χ3v) is 3.15. The van der Waals surface area contributed by atoms with E-state index in [1.807, 2.05) is 7.05 Å². The van der Waals surface area contributed by atoms with Gasteiger partial charge in [-0.25, -0.2) is 0 Å². The van der Waals surface area contributed by atoms with E-state index >= 15 is 0 Å². The van der Waals surface area contributed by atoms with Crippen LogP contribution in [0.1, 0.15) is 12.8 Å². The summed E-state index contributed by atoms with van der Waals surface area (Å²) in [6.07, 6.45) is 4.26. The quantitative estimate of drug-likeness (QED) is 0.688. The van der Waals surface area contributed by atoms with Gasteiger partial charge in [0.1, 0.15) is 0 Å². The van der Waals surface area contributed by atoms with E-state index < -0.39 is 0 Å². The lowest BCUT2D eigenvalue weighted by atomic mass is 9.98. The Kier molecular flexibility index (Phi) is 6.22. The van der Waals surface area contributed by atoms with Gasteiger partial charge in [0.2, 0.25) is 5.91 Å². The van der Waals surface area contributed by atoms with E-state index in [-0.39, 0.29) is 5.91 Å². The van der Waals surface area contributed by atoms with Crippen molar-refractivity contribution in [2.45, 2.75) is 12.8 Å². The molecule has 98 valence electrons. The van der Waals surface area contributed by atoms with E-state index in [0.29, 0.717) is 19.0 Å². The largest absolute Gasteiger partial charge is 0.352 e. The van der Waals surface area contributed by atoms with Crippen LogP contribution in [-0.4, -0.2) is 62.5 Å². The molecule has 1 aliphatic rings. The zero-order valence-electron chi connectivity index (χ0n) is 11.1. The summed E-state index contributed by atoms with van der Waals surface area (Å²) < 4.78 is 0. The summed E-state index contributed by atoms with van der Waals surface area (Å²) in [6.45, 7) is 7.98. The van der Waals surface area contributed by atoms with Gasteiger partial charge in [-0.05, 0) is 39.4 Å². The number of likely N-dealkylation sites (N-methyl/N-ethyl adjacent to an activating group) is 1. The number of carbonyl (C=O) groups excluding carboxylic acids is 1. The van der Waals surface area contributed by atoms with Gasteiger partial charge in [-0.3, -0.25) is 9.69 Å². The second kappa shape index (κ2) is 7.45. The molecule has 0 aromatic heterocycles. The van der Waals surface area contributed by atoms with Gasteiger partial charge in [0.25, 0.3) is 0 Å². The number of hydrogen-bond acceptors (Lipinski definition) is 3. The average Bonchev–Trinajstić information content (AvgIpc) is 2.26. The molecule has 1 fully saturated rings. The van der Waals surface area contributed by atoms with Crippen LogP contribution in [0.3, 0.4) is 0 Å². The van der Waals surface area contributed by atoms with Crippen LogP contribution >= 0.6 is 0 Å². The van der Waals surface area contributed by atoms with Crippen molar-refractivity contribution in [1.29, 1.82) is 0 Å². The third kappa shape index (κ3) is 5.84. The van der Waals surface area contributed by atoms with Gasteiger partial charge in [0.05, 0.1) is 6.54 Å². The number of nitrogens with one attached hydrogen (secondary N) is 1. The SMILES string of the molecule is C=CCNC(=O)CN(C)CC1CCCN(C)C1. The highest BCUT2D eigenvalue weighted by Crippen LogP contribution is 2.15. The van der Waals surface area contributed by atoms with Crippen molar-refractivity contribution in [3.05, 3.63) is 12.7 Å². The molecule has 1 heterocycles. The molecular weight excluding hydrogens is 214 g/mol. The zero-order valence-corrected chi connectivity index (χ0v) is 11.1. The number of rotatable bonds is 6. The molecular formula is C13H25N3O. The van der Waals surface area contributed by atoms with Crippen molar-refractivity contribution in [3.63, 3.8) is 0 Å². The molecule has 1 N–H and O–H groups in total. The predicted molar refractivity (Wildman–Crippen MR) is 70.9 cm³/mol. The van der Waals surface area contributed by atoms with Gasteiger partial charge >= 0.3 is 0 Å². The zero-order chi connectivity index (χ0) is 12.7. The fraction of sp³-hybridized carbons (Fsp3) is 0.769. The summed E-state index contributed by atoms with van der Waals surface area (Å²) in [5.74, 6) is 0.780. The van der Waals surface area contributed by atoms with E-state index in [4.69, 9.17) is 0 Å². The van der Waals surface area contributed by atoms with Crippen LogP contribution in [0.25, 0.3) is 0 Å². The van der Waals surface area contributed by atoms with E-state index in [9.17, 15) is 4.79 Å². The van der Waals surface area contributed by atoms with Gasteiger partial charge < -0.3 is 10.2 Å². The molecule has 0 aromatic carbocycles. The summed E-state index contributed by atoms with van der Waals surface area (Å²) in [6, 6.07) is 0. The first-order valence-electron chi connectivity index (χ1n) is 6.36. The smallest absolute Gasteiger partial charge is 0.234 e. The Hall–Kier alpha value is -0.870. The molecule has 1 amide bonds. The van der Waals surface area contributed by atoms with Crippen LogP contribution in [0.4, 0.5) is 0 Å². The molecule has 1 aliphatic heterocycles. The lowest BCUT2D eigenvalue weighted by Gasteiger charge is -2.32. The van der Waals surface area contributed by atoms with Crippen LogP contribution in [0.5, 0.6) is 0 Å². The number of amides is 1. The molecule has 1 rings (SSSR count). The maximum atomic E-state index is 11.5. The molecule has 0 radical (unpaired) electrons. The molecule has 0 bridgehead atoms. The number of hydrogen-bond donors (Lipinski definition) is 1. The lowest BCUT2D eigenvalue weighted by molar-refractivity contribution is -0.121. The van der Waals surface area contributed by atoms with Crippen molar-refractivity contribution < 1.29 is 4.79 Å². The number of nitrogens with zero attached hydrogens (tertiary/aromatic N) is 2. The molecule has 0 aliphatic carbocycles. The summed E-state index contributed by atoms with van der Waals surface area (Å²) in [4.78, 5) is 16.0. The Morgan fingerprint density at radius 2 is 2.41 bits per heavy atom. The molecule has 0 saturated carbocycles. The fourth-order valence-electron chi connectivity index (χ4n) is 2.41. The van der Waals surface area contributed by atoms with Gasteiger partial charge in [-0.2, -0.15) is 0 Å². The van der Waals surface area contributed by atoms with Crippen molar-refractivity contribution in [2.75, 3.05) is 46.8 Å². The van der Waals surface area contributed by atoms with Crippen LogP contribution in [0.15, 0.2) is 12.7 Å². The minimum atomic E-state index is 0.0802. The molecule has 4 heteroatoms. The molecule has 1 saturated heterocycles. The Labute approximate surface area is 105 Å². The fourth-order valence-corrected chi connectivity index (χ4v) is 2.41. The lowest BCUT2D eigenvalue weighted by Crippen LogP contribution is -2.41. The Morgan fingerprint density at radius 1 is 1.65 bits per heavy atom. The van der Waals surface area contributed by atoms with E-state index in [1.54, 1.807) is 6.08 Å². The van der Waals surface area contributed by atoms with E-state index in [2.05, 4.69) is 28.7 Å². The van der Waals surface area contributed by atoms with Crippen LogP contribution < -0.4 is 5.32 Å². The molecule has 17 heavy (non-hydrogen) atoms. The summed E-state index contributed by atoms with van der Waals surface area (Å²) in [5.41, 5.74) is 0. The summed E-state index contributed by atoms with van der Waals surface area (Å²) in [5, 5.41) is 2.80. The van der Waals surface area contributed by atoms with Crippen molar-refractivity contribution in [3.8, 4) is 0 Å². The minimum Gasteiger partial charge on any atom is -0.352 e. The van der Waals surface area contributed by atoms with Crippen LogP contribution in [0.2, 0.25) is 0 Å². The van der Waals surface area contributed by atoms with Crippen molar-refractivity contribution in [2.24, 2.45) is 5.92 Å². The Morgan fingerprint density at radius 3 is 3.06 bits per heavy atom. The van der Waals surface area contributed by atoms with Gasteiger partial charge in [-0.15, -0.1) is 6.58 Å². The Balaban J connectivity index is 2.21. The van der Waals surface area contributed by atoms with Crippen LogP contribution in [0, 0.1) is 5.92 Å². The molecule has 0 spiro atoms. The van der Waals surface area contributed by atoms with E-state index in [1.165, 1.54) is 19.4 Å². The number of piperidine rings is 1. The summed E-state index contributed by atoms with van der Waals surface area (Å²) >= 11 is 0. The number of carbonyl (C=O) groups is 1. The first-order chi connectivity index (χ1) is 8.11. The van der Waals surface area contributed by atoms with Crippen LogP contribution in [-0.2, 0) is 4.79 Å². The highest BCUT2D eigenvalue weighted by Gasteiger charge is 2.19. The van der Waals surface area contributed by atoms with Gasteiger partial charge in [0, 0.05) is 19.6 Å². The third-order valence-electron chi connectivity index (χ3n) is 3.15. The van der Waals surface area contributed by atoms with E-state index in [0.717, 1.165) is 13.1 Å². The first kappa shape index (κ1) is 14.2. The van der Waals surface area contributed by atoms with Crippen molar-refractivity contribution >= 4 is 5.91 Å².